The molecule has 2 aliphatic heterocycles. The Morgan fingerprint density at radius 3 is 2.88 bits per heavy atom. The van der Waals surface area contributed by atoms with Gasteiger partial charge >= 0.3 is 0 Å². The van der Waals surface area contributed by atoms with Crippen LogP contribution in [0.15, 0.2) is 23.8 Å². The number of fused-ring (bicyclic) bond motifs is 1. The second-order valence-electron chi connectivity index (χ2n) is 6.45. The average Bonchev–Trinajstić information content (AvgIpc) is 2.26. The highest BCUT2D eigenvalue weighted by Crippen LogP contribution is 2.60. The van der Waals surface area contributed by atoms with Gasteiger partial charge in [0, 0.05) is 5.41 Å². The van der Waals surface area contributed by atoms with Crippen LogP contribution in [-0.4, -0.2) is 11.7 Å². The first-order chi connectivity index (χ1) is 7.97. The molecule has 2 heterocycles. The minimum Gasteiger partial charge on any atom is -0.228 e. The van der Waals surface area contributed by atoms with Crippen molar-refractivity contribution in [3.8, 4) is 0 Å². The number of rotatable bonds is 1. The highest BCUT2D eigenvalue weighted by Gasteiger charge is 2.61. The smallest absolute Gasteiger partial charge is 0.130 e. The van der Waals surface area contributed by atoms with Gasteiger partial charge in [-0.25, -0.2) is 9.78 Å². The Morgan fingerprint density at radius 2 is 2.24 bits per heavy atom. The molecule has 1 saturated carbocycles. The maximum atomic E-state index is 5.85. The van der Waals surface area contributed by atoms with Crippen LogP contribution in [0.1, 0.15) is 46.5 Å². The van der Waals surface area contributed by atoms with Gasteiger partial charge in [-0.05, 0) is 51.0 Å². The molecule has 0 amide bonds. The van der Waals surface area contributed by atoms with Crippen molar-refractivity contribution in [2.45, 2.75) is 58.2 Å². The molecule has 2 fully saturated rings. The van der Waals surface area contributed by atoms with E-state index in [2.05, 4.69) is 33.4 Å². The normalized spacial score (nSPS) is 48.5. The third-order valence-corrected chi connectivity index (χ3v) is 5.29. The lowest BCUT2D eigenvalue weighted by atomic mass is 9.53. The van der Waals surface area contributed by atoms with Crippen molar-refractivity contribution in [2.75, 3.05) is 0 Å². The molecule has 0 radical (unpaired) electrons. The average molecular weight is 234 g/mol. The van der Waals surface area contributed by atoms with E-state index < -0.39 is 0 Å². The van der Waals surface area contributed by atoms with E-state index in [1.165, 1.54) is 24.0 Å². The molecule has 4 aliphatic rings. The van der Waals surface area contributed by atoms with Gasteiger partial charge in [-0.1, -0.05) is 25.2 Å². The van der Waals surface area contributed by atoms with Gasteiger partial charge < -0.3 is 0 Å². The Bertz CT molecular complexity index is 398. The first kappa shape index (κ1) is 11.5. The molecular weight excluding hydrogens is 212 g/mol. The van der Waals surface area contributed by atoms with Crippen molar-refractivity contribution in [3.05, 3.63) is 23.8 Å². The van der Waals surface area contributed by atoms with E-state index in [4.69, 9.17) is 9.78 Å². The van der Waals surface area contributed by atoms with E-state index in [0.29, 0.717) is 5.92 Å². The maximum Gasteiger partial charge on any atom is 0.130 e. The lowest BCUT2D eigenvalue weighted by Gasteiger charge is -2.59. The Morgan fingerprint density at radius 1 is 1.47 bits per heavy atom. The monoisotopic (exact) mass is 234 g/mol. The van der Waals surface area contributed by atoms with Crippen LogP contribution < -0.4 is 0 Å². The van der Waals surface area contributed by atoms with E-state index in [9.17, 15) is 0 Å². The molecule has 2 bridgehead atoms. The SMILES string of the molecule is C=C(C)[C@@H]1CC[C@@]2(C)C[C@@H]3C=C(C)[C@@]2(C1)OO3. The maximum absolute atomic E-state index is 5.85. The zero-order chi connectivity index (χ0) is 12.3. The van der Waals surface area contributed by atoms with Crippen molar-refractivity contribution in [3.63, 3.8) is 0 Å². The van der Waals surface area contributed by atoms with Gasteiger partial charge in [0.1, 0.15) is 11.7 Å². The zero-order valence-electron chi connectivity index (χ0n) is 11.1. The van der Waals surface area contributed by atoms with Gasteiger partial charge in [-0.15, -0.1) is 0 Å². The lowest BCUT2D eigenvalue weighted by molar-refractivity contribution is -0.437. The fraction of sp³-hybridized carbons (Fsp3) is 0.733. The molecule has 0 unspecified atom stereocenters. The molecule has 94 valence electrons. The third kappa shape index (κ3) is 1.40. The molecule has 4 rings (SSSR count). The molecule has 1 saturated heterocycles. The van der Waals surface area contributed by atoms with Crippen LogP contribution >= 0.6 is 0 Å². The molecule has 0 N–H and O–H groups in total. The summed E-state index contributed by atoms with van der Waals surface area (Å²) in [7, 11) is 0. The molecule has 4 atom stereocenters. The van der Waals surface area contributed by atoms with Gasteiger partial charge in [0.2, 0.25) is 0 Å². The minimum absolute atomic E-state index is 0.170. The van der Waals surface area contributed by atoms with E-state index in [0.717, 1.165) is 12.8 Å². The molecule has 1 spiro atoms. The van der Waals surface area contributed by atoms with E-state index in [1.54, 1.807) is 0 Å². The standard InChI is InChI=1S/C15H22O2/c1-10(2)12-5-6-14(4)9-13-7-11(3)15(14,8-12)17-16-13/h7,12-13H,1,5-6,8-9H2,2-4H3/t12-,13+,14+,15-/m1/s1. The summed E-state index contributed by atoms with van der Waals surface area (Å²) in [4.78, 5) is 11.3. The molecule has 2 aliphatic carbocycles. The molecular formula is C15H22O2. The third-order valence-electron chi connectivity index (χ3n) is 5.29. The Balaban J connectivity index is 2.01. The highest BCUT2D eigenvalue weighted by molar-refractivity contribution is 5.30. The highest BCUT2D eigenvalue weighted by atomic mass is 17.2. The van der Waals surface area contributed by atoms with Crippen LogP contribution in [0.5, 0.6) is 0 Å². The molecule has 2 heteroatoms. The second kappa shape index (κ2) is 3.46. The first-order valence-corrected chi connectivity index (χ1v) is 6.66. The van der Waals surface area contributed by atoms with Crippen LogP contribution in [0, 0.1) is 11.3 Å². The summed E-state index contributed by atoms with van der Waals surface area (Å²) in [5.74, 6) is 0.574. The number of hydrogen-bond donors (Lipinski definition) is 0. The molecule has 0 aromatic rings. The van der Waals surface area contributed by atoms with E-state index >= 15 is 0 Å². The topological polar surface area (TPSA) is 18.5 Å². The molecule has 2 nitrogen and oxygen atoms in total. The summed E-state index contributed by atoms with van der Waals surface area (Å²) in [5.41, 5.74) is 2.71. The number of allylic oxidation sites excluding steroid dienone is 1. The van der Waals surface area contributed by atoms with E-state index in [-0.39, 0.29) is 17.1 Å². The minimum atomic E-state index is -0.191. The van der Waals surface area contributed by atoms with Crippen LogP contribution in [0.4, 0.5) is 0 Å². The lowest BCUT2D eigenvalue weighted by Crippen LogP contribution is -2.61. The molecule has 17 heavy (non-hydrogen) atoms. The zero-order valence-corrected chi connectivity index (χ0v) is 11.1. The summed E-state index contributed by atoms with van der Waals surface area (Å²) >= 11 is 0. The van der Waals surface area contributed by atoms with Crippen LogP contribution in [0.3, 0.4) is 0 Å². The van der Waals surface area contributed by atoms with Crippen LogP contribution in [0.2, 0.25) is 0 Å². The summed E-state index contributed by atoms with van der Waals surface area (Å²) < 4.78 is 0. The number of hydrogen-bond acceptors (Lipinski definition) is 2. The predicted molar refractivity (Wildman–Crippen MR) is 67.3 cm³/mol. The van der Waals surface area contributed by atoms with Crippen molar-refractivity contribution in [1.82, 2.24) is 0 Å². The van der Waals surface area contributed by atoms with Gasteiger partial charge in [0.15, 0.2) is 0 Å². The van der Waals surface area contributed by atoms with Crippen molar-refractivity contribution in [1.29, 1.82) is 0 Å². The summed E-state index contributed by atoms with van der Waals surface area (Å²) in [6.07, 6.45) is 7.03. The second-order valence-corrected chi connectivity index (χ2v) is 6.45. The van der Waals surface area contributed by atoms with Crippen molar-refractivity contribution >= 4 is 0 Å². The summed E-state index contributed by atoms with van der Waals surface area (Å²) in [5, 5.41) is 0. The fourth-order valence-corrected chi connectivity index (χ4v) is 4.04. The van der Waals surface area contributed by atoms with Gasteiger partial charge in [0.05, 0.1) is 0 Å². The van der Waals surface area contributed by atoms with E-state index in [1.807, 2.05) is 0 Å². The van der Waals surface area contributed by atoms with Gasteiger partial charge in [-0.2, -0.15) is 0 Å². The first-order valence-electron chi connectivity index (χ1n) is 6.66. The predicted octanol–water partition coefficient (Wildman–Crippen LogP) is 3.79. The Labute approximate surface area is 104 Å². The summed E-state index contributed by atoms with van der Waals surface area (Å²) in [6.45, 7) is 10.8. The van der Waals surface area contributed by atoms with Crippen LogP contribution in [-0.2, 0) is 9.78 Å². The van der Waals surface area contributed by atoms with Crippen LogP contribution in [0.25, 0.3) is 0 Å². The van der Waals surface area contributed by atoms with Crippen molar-refractivity contribution in [2.24, 2.45) is 11.3 Å². The molecule has 0 aromatic carbocycles. The van der Waals surface area contributed by atoms with Crippen molar-refractivity contribution < 1.29 is 9.78 Å². The Kier molecular flexibility index (Phi) is 2.34. The summed E-state index contributed by atoms with van der Waals surface area (Å²) in [6, 6.07) is 0. The largest absolute Gasteiger partial charge is 0.228 e. The fourth-order valence-electron chi connectivity index (χ4n) is 4.04. The molecule has 0 aromatic heterocycles. The van der Waals surface area contributed by atoms with Gasteiger partial charge in [-0.3, -0.25) is 0 Å². The van der Waals surface area contributed by atoms with Gasteiger partial charge in [0.25, 0.3) is 0 Å². The quantitative estimate of drug-likeness (QED) is 0.507. The Hall–Kier alpha value is -0.600.